The van der Waals surface area contributed by atoms with E-state index in [1.807, 2.05) is 37.3 Å². The number of carbonyl (C=O) groups excluding carboxylic acids is 1. The van der Waals surface area contributed by atoms with Crippen LogP contribution in [0.1, 0.15) is 36.0 Å². The number of nitrogens with zero attached hydrogens (tertiary/aromatic N) is 2. The zero-order valence-corrected chi connectivity index (χ0v) is 13.9. The highest BCUT2D eigenvalue weighted by Crippen LogP contribution is 2.28. The van der Waals surface area contributed by atoms with Gasteiger partial charge in [-0.1, -0.05) is 30.3 Å². The normalized spacial score (nSPS) is 23.2. The summed E-state index contributed by atoms with van der Waals surface area (Å²) >= 11 is 0. The van der Waals surface area contributed by atoms with Crippen molar-refractivity contribution in [3.8, 4) is 5.75 Å². The number of benzene rings is 1. The van der Waals surface area contributed by atoms with Crippen molar-refractivity contribution in [3.05, 3.63) is 47.9 Å². The van der Waals surface area contributed by atoms with Crippen LogP contribution in [0.25, 0.3) is 0 Å². The zero-order chi connectivity index (χ0) is 17.1. The van der Waals surface area contributed by atoms with Gasteiger partial charge in [-0.15, -0.1) is 0 Å². The lowest BCUT2D eigenvalue weighted by molar-refractivity contribution is 0.0163. The van der Waals surface area contributed by atoms with E-state index in [0.717, 1.165) is 5.75 Å². The highest BCUT2D eigenvalue weighted by molar-refractivity contribution is 5.92. The number of aryl methyl sites for hydroxylation is 1. The van der Waals surface area contributed by atoms with Crippen LogP contribution in [-0.4, -0.2) is 46.4 Å². The first kappa shape index (κ1) is 16.5. The van der Waals surface area contributed by atoms with Crippen molar-refractivity contribution in [2.75, 3.05) is 7.05 Å². The number of aromatic nitrogens is 1. The van der Waals surface area contributed by atoms with E-state index in [0.29, 0.717) is 25.0 Å². The number of ether oxygens (including phenoxy) is 1. The zero-order valence-electron chi connectivity index (χ0n) is 13.9. The van der Waals surface area contributed by atoms with E-state index < -0.39 is 6.10 Å². The molecule has 1 N–H and O–H groups in total. The van der Waals surface area contributed by atoms with Crippen LogP contribution in [0.2, 0.25) is 0 Å². The van der Waals surface area contributed by atoms with Crippen LogP contribution in [0.15, 0.2) is 40.9 Å². The Labute approximate surface area is 141 Å². The fraction of sp³-hybridized carbons (Fsp3) is 0.444. The maximum absolute atomic E-state index is 12.5. The molecule has 1 aliphatic rings. The van der Waals surface area contributed by atoms with Crippen molar-refractivity contribution < 1.29 is 19.2 Å². The van der Waals surface area contributed by atoms with Gasteiger partial charge in [-0.2, -0.15) is 0 Å². The number of aliphatic hydroxyl groups excluding tert-OH is 1. The van der Waals surface area contributed by atoms with Gasteiger partial charge in [-0.05, 0) is 25.0 Å². The van der Waals surface area contributed by atoms with E-state index >= 15 is 0 Å². The molecule has 3 atom stereocenters. The second-order valence-corrected chi connectivity index (χ2v) is 6.05. The van der Waals surface area contributed by atoms with Gasteiger partial charge >= 0.3 is 0 Å². The third-order valence-electron chi connectivity index (χ3n) is 4.50. The monoisotopic (exact) mass is 330 g/mol. The van der Waals surface area contributed by atoms with Crippen LogP contribution in [0, 0.1) is 0 Å². The fourth-order valence-electron chi connectivity index (χ4n) is 3.06. The summed E-state index contributed by atoms with van der Waals surface area (Å²) in [6, 6.07) is 10.8. The van der Waals surface area contributed by atoms with Crippen molar-refractivity contribution in [2.24, 2.45) is 0 Å². The highest BCUT2D eigenvalue weighted by Gasteiger charge is 2.40. The van der Waals surface area contributed by atoms with Crippen molar-refractivity contribution in [3.63, 3.8) is 0 Å². The molecule has 1 aromatic carbocycles. The van der Waals surface area contributed by atoms with Crippen LogP contribution >= 0.6 is 0 Å². The Morgan fingerprint density at radius 1 is 1.38 bits per heavy atom. The van der Waals surface area contributed by atoms with Crippen LogP contribution in [0.3, 0.4) is 0 Å². The Morgan fingerprint density at radius 2 is 2.12 bits per heavy atom. The topological polar surface area (TPSA) is 75.8 Å². The number of carbonyl (C=O) groups is 1. The molecule has 1 saturated carbocycles. The molecule has 0 aliphatic heterocycles. The molecule has 6 heteroatoms. The molecule has 0 unspecified atom stereocenters. The number of hydrogen-bond acceptors (Lipinski definition) is 5. The highest BCUT2D eigenvalue weighted by atomic mass is 16.5. The minimum absolute atomic E-state index is 0.247. The Hall–Kier alpha value is -2.34. The van der Waals surface area contributed by atoms with E-state index in [2.05, 4.69) is 5.16 Å². The first-order valence-corrected chi connectivity index (χ1v) is 8.22. The maximum atomic E-state index is 12.5. The number of aliphatic hydroxyl groups is 1. The Bertz CT molecular complexity index is 685. The van der Waals surface area contributed by atoms with Gasteiger partial charge in [0.2, 0.25) is 0 Å². The predicted molar refractivity (Wildman–Crippen MR) is 87.9 cm³/mol. The van der Waals surface area contributed by atoms with Gasteiger partial charge in [0.25, 0.3) is 5.91 Å². The van der Waals surface area contributed by atoms with Gasteiger partial charge in [-0.3, -0.25) is 4.79 Å². The summed E-state index contributed by atoms with van der Waals surface area (Å²) in [4.78, 5) is 14.1. The van der Waals surface area contributed by atoms with Crippen LogP contribution < -0.4 is 4.74 Å². The van der Waals surface area contributed by atoms with E-state index in [4.69, 9.17) is 9.26 Å². The first-order valence-electron chi connectivity index (χ1n) is 8.22. The number of likely N-dealkylation sites (N-methyl/N-ethyl adjacent to an activating group) is 1. The molecule has 128 valence electrons. The molecule has 6 nitrogen and oxygen atoms in total. The molecule has 1 heterocycles. The van der Waals surface area contributed by atoms with Gasteiger partial charge in [0.15, 0.2) is 5.69 Å². The second kappa shape index (κ2) is 7.05. The molecule has 0 spiro atoms. The van der Waals surface area contributed by atoms with Gasteiger partial charge < -0.3 is 19.3 Å². The summed E-state index contributed by atoms with van der Waals surface area (Å²) in [5.41, 5.74) is 0.272. The molecule has 1 fully saturated rings. The van der Waals surface area contributed by atoms with Crippen LogP contribution in [0.5, 0.6) is 5.75 Å². The average Bonchev–Trinajstić information content (AvgIpc) is 3.22. The van der Waals surface area contributed by atoms with Crippen molar-refractivity contribution in [2.45, 2.75) is 44.4 Å². The number of para-hydroxylation sites is 1. The molecule has 24 heavy (non-hydrogen) atoms. The summed E-state index contributed by atoms with van der Waals surface area (Å²) in [6.07, 6.45) is 0.993. The van der Waals surface area contributed by atoms with Gasteiger partial charge in [0.05, 0.1) is 6.04 Å². The lowest BCUT2D eigenvalue weighted by Crippen LogP contribution is -2.45. The SMILES string of the molecule is CCc1cc(C(=O)N(C)[C@@H]2CC[C@@H](Oc3ccccc3)[C@@H]2O)no1. The lowest BCUT2D eigenvalue weighted by atomic mass is 10.1. The largest absolute Gasteiger partial charge is 0.488 e. The summed E-state index contributed by atoms with van der Waals surface area (Å²) in [6.45, 7) is 1.94. The molecule has 3 rings (SSSR count). The summed E-state index contributed by atoms with van der Waals surface area (Å²) in [5.74, 6) is 1.15. The van der Waals surface area contributed by atoms with Crippen molar-refractivity contribution in [1.29, 1.82) is 0 Å². The minimum Gasteiger partial charge on any atom is -0.488 e. The molecule has 0 radical (unpaired) electrons. The van der Waals surface area contributed by atoms with Crippen LogP contribution in [0.4, 0.5) is 0 Å². The van der Waals surface area contributed by atoms with Crippen molar-refractivity contribution >= 4 is 5.91 Å². The number of hydrogen-bond donors (Lipinski definition) is 1. The molecule has 1 aliphatic carbocycles. The lowest BCUT2D eigenvalue weighted by Gasteiger charge is -2.28. The molecule has 1 amide bonds. The van der Waals surface area contributed by atoms with Gasteiger partial charge in [0, 0.05) is 19.5 Å². The Morgan fingerprint density at radius 3 is 2.79 bits per heavy atom. The second-order valence-electron chi connectivity index (χ2n) is 6.05. The minimum atomic E-state index is -0.739. The molecular weight excluding hydrogens is 308 g/mol. The summed E-state index contributed by atoms with van der Waals surface area (Å²) in [5, 5.41) is 14.4. The average molecular weight is 330 g/mol. The molecule has 2 aromatic rings. The standard InChI is InChI=1S/C18H22N2O4/c1-3-12-11-14(19-24-12)18(22)20(2)15-9-10-16(17(15)21)23-13-7-5-4-6-8-13/h4-8,11,15-17,21H,3,9-10H2,1-2H3/t15-,16-,17-/m1/s1. The first-order chi connectivity index (χ1) is 11.6. The summed E-state index contributed by atoms with van der Waals surface area (Å²) < 4.78 is 10.9. The quantitative estimate of drug-likeness (QED) is 0.910. The molecule has 0 saturated heterocycles. The van der Waals surface area contributed by atoms with Crippen LogP contribution in [-0.2, 0) is 6.42 Å². The predicted octanol–water partition coefficient (Wildman–Crippen LogP) is 2.28. The Kier molecular flexibility index (Phi) is 4.85. The molecule has 0 bridgehead atoms. The molecular formula is C18H22N2O4. The van der Waals surface area contributed by atoms with Gasteiger partial charge in [0.1, 0.15) is 23.7 Å². The Balaban J connectivity index is 1.65. The van der Waals surface area contributed by atoms with Crippen molar-refractivity contribution in [1.82, 2.24) is 10.1 Å². The van der Waals surface area contributed by atoms with E-state index in [1.54, 1.807) is 13.1 Å². The van der Waals surface area contributed by atoms with E-state index in [-0.39, 0.29) is 23.7 Å². The smallest absolute Gasteiger partial charge is 0.276 e. The van der Waals surface area contributed by atoms with E-state index in [1.165, 1.54) is 4.90 Å². The number of rotatable bonds is 5. The number of amides is 1. The van der Waals surface area contributed by atoms with E-state index in [9.17, 15) is 9.90 Å². The maximum Gasteiger partial charge on any atom is 0.276 e. The van der Waals surface area contributed by atoms with Gasteiger partial charge in [-0.25, -0.2) is 0 Å². The fourth-order valence-corrected chi connectivity index (χ4v) is 3.06. The third-order valence-corrected chi connectivity index (χ3v) is 4.50. The summed E-state index contributed by atoms with van der Waals surface area (Å²) in [7, 11) is 1.68. The molecule has 1 aromatic heterocycles. The third kappa shape index (κ3) is 3.28.